The molecule has 0 saturated carbocycles. The number of hydrogen-bond donors (Lipinski definition) is 1. The predicted octanol–water partition coefficient (Wildman–Crippen LogP) is 0.110. The first-order chi connectivity index (χ1) is 9.49. The largest absolute Gasteiger partial charge is 0.481 e. The van der Waals surface area contributed by atoms with Crippen molar-refractivity contribution in [1.29, 1.82) is 0 Å². The van der Waals surface area contributed by atoms with Crippen molar-refractivity contribution in [2.75, 3.05) is 18.8 Å². The molecular weight excluding hydrogens is 284 g/mol. The summed E-state index contributed by atoms with van der Waals surface area (Å²) in [5, 5.41) is 16.2. The van der Waals surface area contributed by atoms with E-state index in [1.54, 1.807) is 17.1 Å². The number of sulfonamides is 1. The fraction of sp³-hybridized carbons (Fsp3) is 0.727. The lowest BCUT2D eigenvalue weighted by molar-refractivity contribution is -0.137. The number of carboxylic acids is 1. The standard InChI is InChI=1S/C11H18N4O4S/c16-11(17)4-2-8-20(18,19)14-6-1-3-10(9-14)15-7-5-12-13-15/h5,7,10H,1-4,6,8-9H2,(H,16,17). The summed E-state index contributed by atoms with van der Waals surface area (Å²) in [6.07, 6.45) is 4.94. The van der Waals surface area contributed by atoms with Gasteiger partial charge in [0.15, 0.2) is 0 Å². The Kier molecular flexibility index (Phi) is 4.71. The van der Waals surface area contributed by atoms with Crippen molar-refractivity contribution in [3.8, 4) is 0 Å². The second-order valence-corrected chi connectivity index (χ2v) is 6.94. The van der Waals surface area contributed by atoms with E-state index in [1.165, 1.54) is 4.31 Å². The fourth-order valence-corrected chi connectivity index (χ4v) is 3.91. The molecule has 0 amide bonds. The van der Waals surface area contributed by atoms with Crippen molar-refractivity contribution in [3.05, 3.63) is 12.4 Å². The van der Waals surface area contributed by atoms with Gasteiger partial charge < -0.3 is 5.11 Å². The van der Waals surface area contributed by atoms with Crippen LogP contribution in [0.25, 0.3) is 0 Å². The molecule has 8 nitrogen and oxygen atoms in total. The van der Waals surface area contributed by atoms with Crippen LogP contribution in [0, 0.1) is 0 Å². The van der Waals surface area contributed by atoms with Gasteiger partial charge in [0.05, 0.1) is 18.0 Å². The molecule has 1 fully saturated rings. The van der Waals surface area contributed by atoms with Crippen LogP contribution in [0.1, 0.15) is 31.7 Å². The summed E-state index contributed by atoms with van der Waals surface area (Å²) in [4.78, 5) is 10.4. The number of hydrogen-bond acceptors (Lipinski definition) is 5. The number of nitrogens with zero attached hydrogens (tertiary/aromatic N) is 4. The highest BCUT2D eigenvalue weighted by Crippen LogP contribution is 2.23. The molecule has 1 aromatic heterocycles. The normalized spacial score (nSPS) is 20.9. The van der Waals surface area contributed by atoms with E-state index < -0.39 is 16.0 Å². The molecule has 0 aliphatic carbocycles. The lowest BCUT2D eigenvalue weighted by Crippen LogP contribution is -2.42. The van der Waals surface area contributed by atoms with Gasteiger partial charge in [0, 0.05) is 25.7 Å². The summed E-state index contributed by atoms with van der Waals surface area (Å²) < 4.78 is 27.5. The number of carbonyl (C=O) groups is 1. The van der Waals surface area contributed by atoms with Gasteiger partial charge in [0.25, 0.3) is 0 Å². The molecule has 1 N–H and O–H groups in total. The molecule has 1 aliphatic rings. The smallest absolute Gasteiger partial charge is 0.303 e. The maximum atomic E-state index is 12.2. The van der Waals surface area contributed by atoms with Crippen molar-refractivity contribution in [2.24, 2.45) is 0 Å². The van der Waals surface area contributed by atoms with E-state index in [-0.39, 0.29) is 24.6 Å². The molecule has 1 aliphatic heterocycles. The molecule has 2 heterocycles. The van der Waals surface area contributed by atoms with Crippen LogP contribution in [0.5, 0.6) is 0 Å². The number of carboxylic acid groups (broad SMARTS) is 1. The van der Waals surface area contributed by atoms with Gasteiger partial charge in [0.1, 0.15) is 0 Å². The zero-order valence-electron chi connectivity index (χ0n) is 11.1. The first-order valence-electron chi connectivity index (χ1n) is 6.54. The van der Waals surface area contributed by atoms with Crippen molar-refractivity contribution < 1.29 is 18.3 Å². The lowest BCUT2D eigenvalue weighted by Gasteiger charge is -2.31. The van der Waals surface area contributed by atoms with Crippen LogP contribution in [0.4, 0.5) is 0 Å². The van der Waals surface area contributed by atoms with Gasteiger partial charge in [0.2, 0.25) is 10.0 Å². The summed E-state index contributed by atoms with van der Waals surface area (Å²) in [6.45, 7) is 0.860. The van der Waals surface area contributed by atoms with Crippen LogP contribution in [0.2, 0.25) is 0 Å². The second kappa shape index (κ2) is 6.31. The highest BCUT2D eigenvalue weighted by Gasteiger charge is 2.29. The topological polar surface area (TPSA) is 105 Å². The highest BCUT2D eigenvalue weighted by atomic mass is 32.2. The van der Waals surface area contributed by atoms with Gasteiger partial charge in [-0.1, -0.05) is 5.21 Å². The van der Waals surface area contributed by atoms with Crippen molar-refractivity contribution in [3.63, 3.8) is 0 Å². The Bertz CT molecular complexity index is 543. The molecule has 112 valence electrons. The van der Waals surface area contributed by atoms with Crippen molar-refractivity contribution in [2.45, 2.75) is 31.7 Å². The zero-order valence-corrected chi connectivity index (χ0v) is 11.9. The first-order valence-corrected chi connectivity index (χ1v) is 8.15. The Balaban J connectivity index is 1.95. The average Bonchev–Trinajstić information content (AvgIpc) is 2.92. The Morgan fingerprint density at radius 1 is 1.45 bits per heavy atom. The van der Waals surface area contributed by atoms with Crippen LogP contribution < -0.4 is 0 Å². The van der Waals surface area contributed by atoms with Crippen LogP contribution in [-0.4, -0.2) is 57.6 Å². The molecule has 20 heavy (non-hydrogen) atoms. The zero-order chi connectivity index (χ0) is 14.6. The molecule has 2 rings (SSSR count). The molecular formula is C11H18N4O4S. The van der Waals surface area contributed by atoms with E-state index in [0.717, 1.165) is 12.8 Å². The highest BCUT2D eigenvalue weighted by molar-refractivity contribution is 7.89. The minimum Gasteiger partial charge on any atom is -0.481 e. The van der Waals surface area contributed by atoms with Crippen molar-refractivity contribution >= 4 is 16.0 Å². The van der Waals surface area contributed by atoms with Gasteiger partial charge in [-0.2, -0.15) is 4.31 Å². The predicted molar refractivity (Wildman–Crippen MR) is 70.5 cm³/mol. The van der Waals surface area contributed by atoms with E-state index in [4.69, 9.17) is 5.11 Å². The third-order valence-corrected chi connectivity index (χ3v) is 5.28. The lowest BCUT2D eigenvalue weighted by atomic mass is 10.1. The third kappa shape index (κ3) is 3.76. The summed E-state index contributed by atoms with van der Waals surface area (Å²) in [6, 6.07) is 0.000462. The molecule has 1 unspecified atom stereocenters. The van der Waals surface area contributed by atoms with E-state index in [2.05, 4.69) is 10.3 Å². The first kappa shape index (κ1) is 14.9. The summed E-state index contributed by atoms with van der Waals surface area (Å²) in [5.74, 6) is -1.09. The van der Waals surface area contributed by atoms with Gasteiger partial charge >= 0.3 is 5.97 Å². The number of aromatic nitrogens is 3. The van der Waals surface area contributed by atoms with E-state index >= 15 is 0 Å². The van der Waals surface area contributed by atoms with E-state index in [9.17, 15) is 13.2 Å². The van der Waals surface area contributed by atoms with Gasteiger partial charge in [-0.25, -0.2) is 13.1 Å². The van der Waals surface area contributed by atoms with Crippen LogP contribution in [0.3, 0.4) is 0 Å². The van der Waals surface area contributed by atoms with Crippen LogP contribution in [0.15, 0.2) is 12.4 Å². The second-order valence-electron chi connectivity index (χ2n) is 4.85. The monoisotopic (exact) mass is 302 g/mol. The Morgan fingerprint density at radius 3 is 2.90 bits per heavy atom. The molecule has 1 atom stereocenters. The third-order valence-electron chi connectivity index (χ3n) is 3.36. The molecule has 0 radical (unpaired) electrons. The number of aliphatic carboxylic acids is 1. The SMILES string of the molecule is O=C(O)CCCS(=O)(=O)N1CCCC(n2ccnn2)C1. The van der Waals surface area contributed by atoms with Gasteiger partial charge in [-0.15, -0.1) is 5.10 Å². The average molecular weight is 302 g/mol. The Hall–Kier alpha value is -1.48. The van der Waals surface area contributed by atoms with Crippen LogP contribution >= 0.6 is 0 Å². The number of piperidine rings is 1. The van der Waals surface area contributed by atoms with Crippen LogP contribution in [-0.2, 0) is 14.8 Å². The molecule has 1 saturated heterocycles. The minimum absolute atomic E-state index is 0.000462. The van der Waals surface area contributed by atoms with Gasteiger partial charge in [-0.3, -0.25) is 4.79 Å². The molecule has 0 bridgehead atoms. The fourth-order valence-electron chi connectivity index (χ4n) is 2.34. The Morgan fingerprint density at radius 2 is 2.25 bits per heavy atom. The maximum absolute atomic E-state index is 12.2. The summed E-state index contributed by atoms with van der Waals surface area (Å²) in [7, 11) is -3.39. The van der Waals surface area contributed by atoms with Crippen molar-refractivity contribution in [1.82, 2.24) is 19.3 Å². The molecule has 9 heteroatoms. The molecule has 1 aromatic rings. The van der Waals surface area contributed by atoms with E-state index in [0.29, 0.717) is 13.1 Å². The Labute approximate surface area is 117 Å². The molecule has 0 aromatic carbocycles. The number of rotatable bonds is 6. The minimum atomic E-state index is -3.39. The molecule has 0 spiro atoms. The van der Waals surface area contributed by atoms with Gasteiger partial charge in [-0.05, 0) is 19.3 Å². The summed E-state index contributed by atoms with van der Waals surface area (Å²) in [5.41, 5.74) is 0. The van der Waals surface area contributed by atoms with E-state index in [1.807, 2.05) is 0 Å². The quantitative estimate of drug-likeness (QED) is 0.799. The summed E-state index contributed by atoms with van der Waals surface area (Å²) >= 11 is 0. The maximum Gasteiger partial charge on any atom is 0.303 e.